The van der Waals surface area contributed by atoms with Gasteiger partial charge in [-0.1, -0.05) is 84.0 Å². The number of cyclic esters (lactones) is 1. The van der Waals surface area contributed by atoms with Crippen LogP contribution in [0.4, 0.5) is 0 Å². The van der Waals surface area contributed by atoms with Gasteiger partial charge in [0.05, 0.1) is 24.4 Å². The summed E-state index contributed by atoms with van der Waals surface area (Å²) in [7, 11) is 0. The number of esters is 2. The summed E-state index contributed by atoms with van der Waals surface area (Å²) < 4.78 is 10.4. The van der Waals surface area contributed by atoms with Gasteiger partial charge in [-0.2, -0.15) is 0 Å². The fraction of sp³-hybridized carbons (Fsp3) is 0.875. The van der Waals surface area contributed by atoms with Gasteiger partial charge in [-0.25, -0.2) is 4.79 Å². The minimum Gasteiger partial charge on any atom is -0.462 e. The number of hydrogen-bond acceptors (Lipinski definition) is 9. The smallest absolute Gasteiger partial charge is 0.330 e. The second kappa shape index (κ2) is 23.0. The van der Waals surface area contributed by atoms with Gasteiger partial charge in [-0.05, 0) is 38.2 Å². The van der Waals surface area contributed by atoms with Crippen LogP contribution in [-0.4, -0.2) is 80.2 Å². The fourth-order valence-electron chi connectivity index (χ4n) is 5.49. The van der Waals surface area contributed by atoms with Crippen LogP contribution < -0.4 is 0 Å². The molecule has 0 aliphatic carbocycles. The first-order chi connectivity index (χ1) is 19.6. The standard InChI is InChI=1S/C32H58O9/c1-3-4-5-6-7-8-9-10-11-12-13-14-15-16-29(40-24(2)33)22-27(36)20-25(34)19-26(35)21-28(37)23-31-30(38)17-18-32(39)41-31/h17-18,25-31,34-38H,3-16,19-23H2,1-2H3. The first-order valence-corrected chi connectivity index (χ1v) is 16.1. The maximum atomic E-state index is 11.6. The van der Waals surface area contributed by atoms with Crippen LogP contribution in [0.2, 0.25) is 0 Å². The molecule has 0 spiro atoms. The molecule has 0 aromatic carbocycles. The summed E-state index contributed by atoms with van der Waals surface area (Å²) in [6, 6.07) is 0. The van der Waals surface area contributed by atoms with Gasteiger partial charge in [-0.3, -0.25) is 4.79 Å². The van der Waals surface area contributed by atoms with E-state index in [0.29, 0.717) is 6.42 Å². The molecule has 5 N–H and O–H groups in total. The second-order valence-corrected chi connectivity index (χ2v) is 11.9. The molecule has 0 radical (unpaired) electrons. The van der Waals surface area contributed by atoms with Crippen molar-refractivity contribution >= 4 is 11.9 Å². The third-order valence-corrected chi connectivity index (χ3v) is 7.71. The first-order valence-electron chi connectivity index (χ1n) is 16.1. The van der Waals surface area contributed by atoms with E-state index in [1.807, 2.05) is 0 Å². The summed E-state index contributed by atoms with van der Waals surface area (Å²) in [5, 5.41) is 51.2. The van der Waals surface area contributed by atoms with E-state index < -0.39 is 54.7 Å². The Balaban J connectivity index is 2.21. The lowest BCUT2D eigenvalue weighted by atomic mass is 9.95. The van der Waals surface area contributed by atoms with E-state index in [1.165, 1.54) is 77.2 Å². The zero-order valence-corrected chi connectivity index (χ0v) is 25.5. The van der Waals surface area contributed by atoms with Crippen molar-refractivity contribution in [3.63, 3.8) is 0 Å². The Morgan fingerprint density at radius 1 is 0.780 bits per heavy atom. The van der Waals surface area contributed by atoms with Crippen molar-refractivity contribution in [1.29, 1.82) is 0 Å². The molecular weight excluding hydrogens is 528 g/mol. The molecule has 7 atom stereocenters. The number of carbonyl (C=O) groups excluding carboxylic acids is 2. The molecular formula is C32H58O9. The SMILES string of the molecule is CCCCCCCCCCCCCCCC(CC(O)CC(O)CC(O)CC(O)CC1OC(=O)C=CC1O)OC(C)=O. The van der Waals surface area contributed by atoms with Crippen LogP contribution >= 0.6 is 0 Å². The van der Waals surface area contributed by atoms with Gasteiger partial charge in [0.2, 0.25) is 0 Å². The predicted molar refractivity (Wildman–Crippen MR) is 158 cm³/mol. The summed E-state index contributed by atoms with van der Waals surface area (Å²) in [5.74, 6) is -0.996. The van der Waals surface area contributed by atoms with E-state index in [9.17, 15) is 35.1 Å². The number of ether oxygens (including phenoxy) is 2. The third kappa shape index (κ3) is 20.1. The van der Waals surface area contributed by atoms with E-state index in [2.05, 4.69) is 6.92 Å². The zero-order valence-electron chi connectivity index (χ0n) is 25.5. The van der Waals surface area contributed by atoms with Crippen molar-refractivity contribution < 1.29 is 44.6 Å². The minimum absolute atomic E-state index is 0.00721. The van der Waals surface area contributed by atoms with Crippen molar-refractivity contribution in [2.45, 2.75) is 179 Å². The highest BCUT2D eigenvalue weighted by Crippen LogP contribution is 2.21. The van der Waals surface area contributed by atoms with Crippen LogP contribution in [0.25, 0.3) is 0 Å². The normalized spacial score (nSPS) is 20.7. The molecule has 0 saturated carbocycles. The maximum Gasteiger partial charge on any atom is 0.330 e. The van der Waals surface area contributed by atoms with Gasteiger partial charge >= 0.3 is 11.9 Å². The van der Waals surface area contributed by atoms with Crippen LogP contribution in [0.15, 0.2) is 12.2 Å². The van der Waals surface area contributed by atoms with Crippen molar-refractivity contribution in [2.75, 3.05) is 0 Å². The van der Waals surface area contributed by atoms with Crippen LogP contribution in [0.5, 0.6) is 0 Å². The van der Waals surface area contributed by atoms with Gasteiger partial charge in [0.25, 0.3) is 0 Å². The van der Waals surface area contributed by atoms with Gasteiger partial charge in [0, 0.05) is 25.8 Å². The lowest BCUT2D eigenvalue weighted by molar-refractivity contribution is -0.152. The molecule has 0 amide bonds. The highest BCUT2D eigenvalue weighted by Gasteiger charge is 2.29. The van der Waals surface area contributed by atoms with E-state index in [4.69, 9.17) is 9.47 Å². The number of unbranched alkanes of at least 4 members (excludes halogenated alkanes) is 12. The monoisotopic (exact) mass is 586 g/mol. The molecule has 0 bridgehead atoms. The Kier molecular flexibility index (Phi) is 21.0. The van der Waals surface area contributed by atoms with E-state index in [1.54, 1.807) is 0 Å². The average molecular weight is 587 g/mol. The molecule has 0 aromatic rings. The van der Waals surface area contributed by atoms with Gasteiger partial charge < -0.3 is 35.0 Å². The molecule has 240 valence electrons. The third-order valence-electron chi connectivity index (χ3n) is 7.71. The molecule has 1 heterocycles. The van der Waals surface area contributed by atoms with Crippen LogP contribution in [-0.2, 0) is 19.1 Å². The van der Waals surface area contributed by atoms with E-state index >= 15 is 0 Å². The Bertz CT molecular complexity index is 713. The topological polar surface area (TPSA) is 154 Å². The summed E-state index contributed by atoms with van der Waals surface area (Å²) in [5.41, 5.74) is 0. The van der Waals surface area contributed by atoms with E-state index in [0.717, 1.165) is 25.3 Å². The average Bonchev–Trinajstić information content (AvgIpc) is 2.88. The van der Waals surface area contributed by atoms with Crippen molar-refractivity contribution in [3.8, 4) is 0 Å². The van der Waals surface area contributed by atoms with Crippen molar-refractivity contribution in [3.05, 3.63) is 12.2 Å². The Hall–Kier alpha value is -1.52. The van der Waals surface area contributed by atoms with Gasteiger partial charge in [-0.15, -0.1) is 0 Å². The van der Waals surface area contributed by atoms with Gasteiger partial charge in [0.1, 0.15) is 18.3 Å². The van der Waals surface area contributed by atoms with Crippen molar-refractivity contribution in [2.24, 2.45) is 0 Å². The lowest BCUT2D eigenvalue weighted by Crippen LogP contribution is -2.37. The molecule has 0 aromatic heterocycles. The summed E-state index contributed by atoms with van der Waals surface area (Å²) in [4.78, 5) is 22.9. The summed E-state index contributed by atoms with van der Waals surface area (Å²) in [6.45, 7) is 3.59. The molecule has 0 fully saturated rings. The highest BCUT2D eigenvalue weighted by molar-refractivity contribution is 5.83. The predicted octanol–water partition coefficient (Wildman–Crippen LogP) is 4.64. The van der Waals surface area contributed by atoms with Crippen LogP contribution in [0, 0.1) is 0 Å². The first kappa shape index (κ1) is 37.5. The Morgan fingerprint density at radius 3 is 1.76 bits per heavy atom. The molecule has 9 heteroatoms. The van der Waals surface area contributed by atoms with Gasteiger partial charge in [0.15, 0.2) is 0 Å². The Morgan fingerprint density at radius 2 is 1.24 bits per heavy atom. The number of aliphatic hydroxyl groups is 5. The molecule has 1 rings (SSSR count). The van der Waals surface area contributed by atoms with Crippen molar-refractivity contribution in [1.82, 2.24) is 0 Å². The molecule has 0 saturated heterocycles. The molecule has 1 aliphatic rings. The summed E-state index contributed by atoms with van der Waals surface area (Å²) in [6.07, 6.45) is 13.0. The second-order valence-electron chi connectivity index (χ2n) is 11.9. The summed E-state index contributed by atoms with van der Waals surface area (Å²) >= 11 is 0. The highest BCUT2D eigenvalue weighted by atomic mass is 16.6. The maximum absolute atomic E-state index is 11.6. The largest absolute Gasteiger partial charge is 0.462 e. The fourth-order valence-corrected chi connectivity index (χ4v) is 5.49. The number of carbonyl (C=O) groups is 2. The molecule has 7 unspecified atom stereocenters. The zero-order chi connectivity index (χ0) is 30.5. The molecule has 41 heavy (non-hydrogen) atoms. The number of aliphatic hydroxyl groups excluding tert-OH is 5. The van der Waals surface area contributed by atoms with E-state index in [-0.39, 0.29) is 32.1 Å². The lowest BCUT2D eigenvalue weighted by Gasteiger charge is -2.27. The number of rotatable bonds is 25. The quantitative estimate of drug-likeness (QED) is 0.0760. The van der Waals surface area contributed by atoms with Crippen LogP contribution in [0.3, 0.4) is 0 Å². The molecule has 9 nitrogen and oxygen atoms in total. The minimum atomic E-state index is -1.05. The number of hydrogen-bond donors (Lipinski definition) is 5. The Labute approximate surface area is 247 Å². The molecule has 1 aliphatic heterocycles. The van der Waals surface area contributed by atoms with Crippen LogP contribution in [0.1, 0.15) is 136 Å².